The third-order valence-corrected chi connectivity index (χ3v) is 6.93. The predicted octanol–water partition coefficient (Wildman–Crippen LogP) is 6.09. The summed E-state index contributed by atoms with van der Waals surface area (Å²) >= 11 is 7.22. The summed E-state index contributed by atoms with van der Waals surface area (Å²) in [4.78, 5) is 39.1. The van der Waals surface area contributed by atoms with Crippen LogP contribution in [0.1, 0.15) is 27.8 Å². The zero-order valence-electron chi connectivity index (χ0n) is 21.4. The average molecular weight is 562 g/mol. The molecule has 0 radical (unpaired) electrons. The maximum Gasteiger partial charge on any atom is 0.294 e. The molecule has 8 nitrogen and oxygen atoms in total. The number of nitriles is 1. The summed E-state index contributed by atoms with van der Waals surface area (Å²) in [5.74, 6) is -0.465. The lowest BCUT2D eigenvalue weighted by atomic mass is 10.1. The molecule has 1 saturated heterocycles. The van der Waals surface area contributed by atoms with Crippen molar-refractivity contribution in [2.24, 2.45) is 0 Å². The number of imide groups is 1. The Kier molecular flexibility index (Phi) is 8.59. The van der Waals surface area contributed by atoms with Gasteiger partial charge in [0.2, 0.25) is 5.91 Å². The van der Waals surface area contributed by atoms with Gasteiger partial charge in [-0.3, -0.25) is 19.3 Å². The van der Waals surface area contributed by atoms with Crippen molar-refractivity contribution < 1.29 is 23.9 Å². The number of hydrogen-bond donors (Lipinski definition) is 1. The minimum absolute atomic E-state index is 0.0994. The Hall–Kier alpha value is -4.26. The maximum absolute atomic E-state index is 13.0. The van der Waals surface area contributed by atoms with Gasteiger partial charge in [0.05, 0.1) is 28.7 Å². The minimum atomic E-state index is -0.580. The summed E-state index contributed by atoms with van der Waals surface area (Å²) in [5, 5.41) is 11.7. The highest BCUT2D eigenvalue weighted by Gasteiger charge is 2.36. The summed E-state index contributed by atoms with van der Waals surface area (Å²) in [6, 6.07) is 18.0. The zero-order valence-corrected chi connectivity index (χ0v) is 23.0. The van der Waals surface area contributed by atoms with Gasteiger partial charge in [-0.2, -0.15) is 5.26 Å². The molecule has 0 aromatic heterocycles. The molecule has 3 amide bonds. The standard InChI is InChI=1S/C29H24ClN3O5S/c1-17-8-18(2)10-22(9-17)32-26(34)15-33-28(35)25(39-29(33)36)13-19-11-23(30)27(24(12-19)37-3)38-16-21-7-5-4-6-20(21)14-31/h4-13H,15-16H2,1-3H3,(H,32,34)/b25-13-. The Labute approximate surface area is 235 Å². The first-order valence-electron chi connectivity index (χ1n) is 11.8. The highest BCUT2D eigenvalue weighted by atomic mass is 35.5. The van der Waals surface area contributed by atoms with Crippen LogP contribution >= 0.6 is 23.4 Å². The molecule has 39 heavy (non-hydrogen) atoms. The van der Waals surface area contributed by atoms with Crippen LogP contribution in [0.3, 0.4) is 0 Å². The number of carbonyl (C=O) groups is 3. The average Bonchev–Trinajstić information content (AvgIpc) is 3.14. The number of rotatable bonds is 8. The predicted molar refractivity (Wildman–Crippen MR) is 151 cm³/mol. The molecule has 0 atom stereocenters. The molecule has 10 heteroatoms. The van der Waals surface area contributed by atoms with Gasteiger partial charge in [0.25, 0.3) is 11.1 Å². The van der Waals surface area contributed by atoms with Crippen molar-refractivity contribution in [1.82, 2.24) is 4.90 Å². The second-order valence-corrected chi connectivity index (χ2v) is 10.2. The van der Waals surface area contributed by atoms with Crippen molar-refractivity contribution >= 4 is 52.2 Å². The van der Waals surface area contributed by atoms with Crippen LogP contribution in [-0.2, 0) is 16.2 Å². The van der Waals surface area contributed by atoms with Crippen LogP contribution in [0.5, 0.6) is 11.5 Å². The molecule has 4 rings (SSSR count). The fourth-order valence-electron chi connectivity index (χ4n) is 4.05. The molecule has 0 spiro atoms. The van der Waals surface area contributed by atoms with Crippen LogP contribution < -0.4 is 14.8 Å². The molecule has 3 aromatic carbocycles. The summed E-state index contributed by atoms with van der Waals surface area (Å²) in [5.41, 5.74) is 4.25. The Bertz CT molecular complexity index is 1530. The van der Waals surface area contributed by atoms with E-state index in [0.717, 1.165) is 27.8 Å². The van der Waals surface area contributed by atoms with Crippen LogP contribution in [-0.4, -0.2) is 35.6 Å². The third-order valence-electron chi connectivity index (χ3n) is 5.74. The van der Waals surface area contributed by atoms with Crippen molar-refractivity contribution in [1.29, 1.82) is 5.26 Å². The number of nitrogens with zero attached hydrogens (tertiary/aromatic N) is 2. The van der Waals surface area contributed by atoms with E-state index in [-0.39, 0.29) is 22.3 Å². The molecule has 1 aliphatic heterocycles. The smallest absolute Gasteiger partial charge is 0.294 e. The minimum Gasteiger partial charge on any atom is -0.493 e. The largest absolute Gasteiger partial charge is 0.493 e. The van der Waals surface area contributed by atoms with Gasteiger partial charge in [0, 0.05) is 11.3 Å². The molecule has 1 fully saturated rings. The molecule has 1 heterocycles. The Balaban J connectivity index is 1.48. The van der Waals surface area contributed by atoms with E-state index in [9.17, 15) is 19.6 Å². The van der Waals surface area contributed by atoms with Crippen LogP contribution in [0.4, 0.5) is 10.5 Å². The van der Waals surface area contributed by atoms with E-state index in [1.165, 1.54) is 13.2 Å². The van der Waals surface area contributed by atoms with Crippen LogP contribution in [0.15, 0.2) is 59.5 Å². The third kappa shape index (κ3) is 6.60. The first kappa shape index (κ1) is 27.8. The number of aryl methyl sites for hydroxylation is 2. The van der Waals surface area contributed by atoms with Gasteiger partial charge in [-0.15, -0.1) is 0 Å². The number of carbonyl (C=O) groups excluding carboxylic acids is 3. The zero-order chi connectivity index (χ0) is 28.1. The highest BCUT2D eigenvalue weighted by molar-refractivity contribution is 8.18. The second-order valence-electron chi connectivity index (χ2n) is 8.78. The van der Waals surface area contributed by atoms with Gasteiger partial charge >= 0.3 is 0 Å². The molecular formula is C29H24ClN3O5S. The van der Waals surface area contributed by atoms with E-state index in [1.807, 2.05) is 38.1 Å². The van der Waals surface area contributed by atoms with Crippen LogP contribution in [0.2, 0.25) is 5.02 Å². The van der Waals surface area contributed by atoms with Crippen LogP contribution in [0, 0.1) is 25.2 Å². The molecular weight excluding hydrogens is 538 g/mol. The quantitative estimate of drug-likeness (QED) is 0.331. The first-order valence-corrected chi connectivity index (χ1v) is 13.0. The lowest BCUT2D eigenvalue weighted by Gasteiger charge is -2.14. The number of halogens is 1. The number of nitrogens with one attached hydrogen (secondary N) is 1. The number of hydrogen-bond acceptors (Lipinski definition) is 7. The molecule has 0 saturated carbocycles. The lowest BCUT2D eigenvalue weighted by molar-refractivity contribution is -0.127. The number of thioether (sulfide) groups is 1. The summed E-state index contributed by atoms with van der Waals surface area (Å²) in [6.45, 7) is 3.52. The maximum atomic E-state index is 13.0. The topological polar surface area (TPSA) is 109 Å². The molecule has 1 aliphatic rings. The number of amides is 3. The highest BCUT2D eigenvalue weighted by Crippen LogP contribution is 2.39. The SMILES string of the molecule is COc1cc(/C=C2\SC(=O)N(CC(=O)Nc3cc(C)cc(C)c3)C2=O)cc(Cl)c1OCc1ccccc1C#N. The Morgan fingerprint density at radius 1 is 1.13 bits per heavy atom. The normalized spacial score (nSPS) is 13.9. The van der Waals surface area contributed by atoms with E-state index >= 15 is 0 Å². The Morgan fingerprint density at radius 3 is 2.54 bits per heavy atom. The van der Waals surface area contributed by atoms with Gasteiger partial charge in [-0.1, -0.05) is 35.9 Å². The van der Waals surface area contributed by atoms with Gasteiger partial charge in [-0.05, 0) is 78.7 Å². The molecule has 3 aromatic rings. The number of ether oxygens (including phenoxy) is 2. The fraction of sp³-hybridized carbons (Fsp3) is 0.172. The molecule has 1 N–H and O–H groups in total. The Morgan fingerprint density at radius 2 is 1.85 bits per heavy atom. The van der Waals surface area contributed by atoms with Crippen molar-refractivity contribution in [2.45, 2.75) is 20.5 Å². The summed E-state index contributed by atoms with van der Waals surface area (Å²) in [6.07, 6.45) is 1.51. The van der Waals surface area contributed by atoms with Gasteiger partial charge in [-0.25, -0.2) is 0 Å². The van der Waals surface area contributed by atoms with E-state index in [2.05, 4.69) is 11.4 Å². The second kappa shape index (κ2) is 12.1. The van der Waals surface area contributed by atoms with E-state index in [4.69, 9.17) is 21.1 Å². The summed E-state index contributed by atoms with van der Waals surface area (Å²) in [7, 11) is 1.45. The van der Waals surface area contributed by atoms with Crippen molar-refractivity contribution in [3.8, 4) is 17.6 Å². The van der Waals surface area contributed by atoms with Gasteiger partial charge < -0.3 is 14.8 Å². The van der Waals surface area contributed by atoms with E-state index in [1.54, 1.807) is 30.3 Å². The monoisotopic (exact) mass is 561 g/mol. The molecule has 198 valence electrons. The van der Waals surface area contributed by atoms with Gasteiger partial charge in [0.1, 0.15) is 13.2 Å². The first-order chi connectivity index (χ1) is 18.7. The molecule has 0 bridgehead atoms. The van der Waals surface area contributed by atoms with E-state index < -0.39 is 23.6 Å². The number of methoxy groups -OCH3 is 1. The summed E-state index contributed by atoms with van der Waals surface area (Å²) < 4.78 is 11.3. The van der Waals surface area contributed by atoms with Crippen molar-refractivity contribution in [3.05, 3.63) is 92.3 Å². The van der Waals surface area contributed by atoms with Crippen molar-refractivity contribution in [2.75, 3.05) is 19.0 Å². The lowest BCUT2D eigenvalue weighted by Crippen LogP contribution is -2.36. The van der Waals surface area contributed by atoms with Crippen molar-refractivity contribution in [3.63, 3.8) is 0 Å². The van der Waals surface area contributed by atoms with E-state index in [0.29, 0.717) is 28.1 Å². The number of anilines is 1. The number of benzene rings is 3. The molecule has 0 unspecified atom stereocenters. The fourth-order valence-corrected chi connectivity index (χ4v) is 5.16. The molecule has 0 aliphatic carbocycles. The van der Waals surface area contributed by atoms with Gasteiger partial charge in [0.15, 0.2) is 11.5 Å². The van der Waals surface area contributed by atoms with Crippen LogP contribution in [0.25, 0.3) is 6.08 Å².